The maximum Gasteiger partial charge on any atom is 0.264 e. The van der Waals surface area contributed by atoms with Gasteiger partial charge in [-0.2, -0.15) is 4.31 Å². The average molecular weight is 421 g/mol. The van der Waals surface area contributed by atoms with Crippen LogP contribution in [0.25, 0.3) is 0 Å². The zero-order valence-electron chi connectivity index (χ0n) is 15.8. The van der Waals surface area contributed by atoms with Crippen molar-refractivity contribution in [2.45, 2.75) is 48.4 Å². The van der Waals surface area contributed by atoms with Crippen molar-refractivity contribution in [3.05, 3.63) is 54.1 Å². The predicted molar refractivity (Wildman–Crippen MR) is 108 cm³/mol. The van der Waals surface area contributed by atoms with Crippen molar-refractivity contribution in [2.75, 3.05) is 17.4 Å². The van der Waals surface area contributed by atoms with Crippen molar-refractivity contribution in [3.63, 3.8) is 0 Å². The third kappa shape index (κ3) is 3.23. The molecule has 2 aromatic rings. The van der Waals surface area contributed by atoms with Crippen LogP contribution in [0.4, 0.5) is 5.69 Å². The fraction of sp³-hybridized carbons (Fsp3) is 0.400. The molecular weight excluding hydrogens is 396 g/mol. The molecule has 0 amide bonds. The van der Waals surface area contributed by atoms with Crippen LogP contribution in [0.1, 0.15) is 31.7 Å². The van der Waals surface area contributed by atoms with Gasteiger partial charge < -0.3 is 0 Å². The molecule has 1 fully saturated rings. The molecule has 6 nitrogen and oxygen atoms in total. The van der Waals surface area contributed by atoms with E-state index in [1.54, 1.807) is 42.5 Å². The minimum absolute atomic E-state index is 0.236. The number of fused-ring (bicyclic) bond motifs is 1. The number of benzene rings is 2. The molecule has 0 N–H and O–H groups in total. The second-order valence-electron chi connectivity index (χ2n) is 7.42. The quantitative estimate of drug-likeness (QED) is 0.762. The average Bonchev–Trinajstić information content (AvgIpc) is 3.05. The molecule has 0 aliphatic carbocycles. The summed E-state index contributed by atoms with van der Waals surface area (Å²) in [7, 11) is -7.24. The third-order valence-corrected chi connectivity index (χ3v) is 9.29. The zero-order valence-corrected chi connectivity index (χ0v) is 17.4. The summed E-state index contributed by atoms with van der Waals surface area (Å²) < 4.78 is 55.1. The van der Waals surface area contributed by atoms with Gasteiger partial charge in [-0.25, -0.2) is 16.8 Å². The van der Waals surface area contributed by atoms with Gasteiger partial charge in [0.1, 0.15) is 0 Å². The highest BCUT2D eigenvalue weighted by atomic mass is 32.2. The van der Waals surface area contributed by atoms with E-state index in [2.05, 4.69) is 0 Å². The molecule has 28 heavy (non-hydrogen) atoms. The summed E-state index contributed by atoms with van der Waals surface area (Å²) in [6.07, 6.45) is 3.30. The largest absolute Gasteiger partial charge is 0.264 e. The summed E-state index contributed by atoms with van der Waals surface area (Å²) in [6, 6.07) is 12.9. The highest BCUT2D eigenvalue weighted by molar-refractivity contribution is 7.93. The van der Waals surface area contributed by atoms with E-state index in [1.165, 1.54) is 14.7 Å². The third-order valence-electron chi connectivity index (χ3n) is 5.46. The van der Waals surface area contributed by atoms with Crippen molar-refractivity contribution in [1.29, 1.82) is 0 Å². The minimum atomic E-state index is -3.70. The Balaban J connectivity index is 1.71. The molecule has 0 spiro atoms. The molecule has 2 aliphatic heterocycles. The summed E-state index contributed by atoms with van der Waals surface area (Å²) in [4.78, 5) is 0.485. The topological polar surface area (TPSA) is 74.8 Å². The molecular formula is C20H24N2O4S2. The van der Waals surface area contributed by atoms with Crippen molar-refractivity contribution < 1.29 is 16.8 Å². The molecule has 0 unspecified atom stereocenters. The van der Waals surface area contributed by atoms with E-state index in [1.807, 2.05) is 6.92 Å². The fourth-order valence-electron chi connectivity index (χ4n) is 4.07. The van der Waals surface area contributed by atoms with E-state index in [-0.39, 0.29) is 15.8 Å². The van der Waals surface area contributed by atoms with E-state index in [0.29, 0.717) is 25.2 Å². The van der Waals surface area contributed by atoms with Crippen LogP contribution in [0.3, 0.4) is 0 Å². The van der Waals surface area contributed by atoms with Crippen molar-refractivity contribution in [2.24, 2.45) is 0 Å². The number of nitrogens with zero attached hydrogens (tertiary/aromatic N) is 2. The summed E-state index contributed by atoms with van der Waals surface area (Å²) in [5, 5.41) is 0. The van der Waals surface area contributed by atoms with Gasteiger partial charge in [-0.05, 0) is 62.1 Å². The maximum atomic E-state index is 13.1. The maximum absolute atomic E-state index is 13.1. The van der Waals surface area contributed by atoms with Crippen LogP contribution in [0.15, 0.2) is 58.3 Å². The van der Waals surface area contributed by atoms with Gasteiger partial charge in [0.25, 0.3) is 10.0 Å². The lowest BCUT2D eigenvalue weighted by atomic mass is 10.1. The van der Waals surface area contributed by atoms with E-state index < -0.39 is 20.0 Å². The highest BCUT2D eigenvalue weighted by Gasteiger charge is 2.37. The fourth-order valence-corrected chi connectivity index (χ4v) is 7.35. The molecule has 4 rings (SSSR count). The van der Waals surface area contributed by atoms with E-state index in [4.69, 9.17) is 0 Å². The number of piperidine rings is 1. The SMILES string of the molecule is C[C@H]1Cc2cc(S(=O)(=O)N3CCCCC3)ccc2N1S(=O)(=O)c1ccccc1. The van der Waals surface area contributed by atoms with Gasteiger partial charge in [0.15, 0.2) is 0 Å². The Hall–Kier alpha value is -1.90. The Morgan fingerprint density at radius 1 is 0.821 bits per heavy atom. The molecule has 2 heterocycles. The first-order valence-corrected chi connectivity index (χ1v) is 12.4. The van der Waals surface area contributed by atoms with Crippen LogP contribution in [-0.4, -0.2) is 40.3 Å². The van der Waals surface area contributed by atoms with E-state index in [0.717, 1.165) is 24.8 Å². The molecule has 0 radical (unpaired) electrons. The summed E-state index contributed by atoms with van der Waals surface area (Å²) in [5.41, 5.74) is 1.32. The van der Waals surface area contributed by atoms with Crippen LogP contribution >= 0.6 is 0 Å². The number of sulfonamides is 2. The molecule has 2 aliphatic rings. The van der Waals surface area contributed by atoms with Crippen molar-refractivity contribution in [1.82, 2.24) is 4.31 Å². The second kappa shape index (κ2) is 7.17. The molecule has 1 atom stereocenters. The first kappa shape index (κ1) is 19.4. The first-order chi connectivity index (χ1) is 13.3. The van der Waals surface area contributed by atoms with Crippen molar-refractivity contribution in [3.8, 4) is 0 Å². The number of hydrogen-bond acceptors (Lipinski definition) is 4. The summed E-state index contributed by atoms with van der Waals surface area (Å²) >= 11 is 0. The van der Waals surface area contributed by atoms with E-state index in [9.17, 15) is 16.8 Å². The number of hydrogen-bond donors (Lipinski definition) is 0. The van der Waals surface area contributed by atoms with Gasteiger partial charge in [-0.15, -0.1) is 0 Å². The summed E-state index contributed by atoms with van der Waals surface area (Å²) in [6.45, 7) is 2.94. The highest BCUT2D eigenvalue weighted by Crippen LogP contribution is 2.38. The lowest BCUT2D eigenvalue weighted by Crippen LogP contribution is -2.36. The molecule has 1 saturated heterocycles. The second-order valence-corrected chi connectivity index (χ2v) is 11.2. The summed E-state index contributed by atoms with van der Waals surface area (Å²) in [5.74, 6) is 0. The smallest absolute Gasteiger partial charge is 0.263 e. The van der Waals surface area contributed by atoms with Crippen LogP contribution in [-0.2, 0) is 26.5 Å². The van der Waals surface area contributed by atoms with Crippen LogP contribution in [0.2, 0.25) is 0 Å². The van der Waals surface area contributed by atoms with E-state index >= 15 is 0 Å². The molecule has 0 saturated carbocycles. The monoisotopic (exact) mass is 420 g/mol. The lowest BCUT2D eigenvalue weighted by Gasteiger charge is -2.26. The van der Waals surface area contributed by atoms with Gasteiger partial charge in [0, 0.05) is 19.1 Å². The Labute approximate surface area is 166 Å². The zero-order chi connectivity index (χ0) is 19.9. The molecule has 0 bridgehead atoms. The molecule has 8 heteroatoms. The van der Waals surface area contributed by atoms with Gasteiger partial charge in [-0.1, -0.05) is 24.6 Å². The van der Waals surface area contributed by atoms with Crippen LogP contribution < -0.4 is 4.31 Å². The Morgan fingerprint density at radius 3 is 2.18 bits per heavy atom. The normalized spacial score (nSPS) is 20.9. The van der Waals surface area contributed by atoms with Gasteiger partial charge in [0.05, 0.1) is 15.5 Å². The minimum Gasteiger partial charge on any atom is -0.263 e. The first-order valence-electron chi connectivity index (χ1n) is 9.54. The van der Waals surface area contributed by atoms with Crippen LogP contribution in [0.5, 0.6) is 0 Å². The molecule has 0 aromatic heterocycles. The number of anilines is 1. The Bertz CT molecular complexity index is 1080. The molecule has 150 valence electrons. The number of rotatable bonds is 4. The van der Waals surface area contributed by atoms with Gasteiger partial charge in [0.2, 0.25) is 10.0 Å². The Morgan fingerprint density at radius 2 is 1.50 bits per heavy atom. The predicted octanol–water partition coefficient (Wildman–Crippen LogP) is 3.00. The standard InChI is InChI=1S/C20H24N2O4S2/c1-16-14-17-15-19(27(23,24)21-12-6-3-7-13-21)10-11-20(17)22(16)28(25,26)18-8-4-2-5-9-18/h2,4-5,8-11,15-16H,3,6-7,12-14H2,1H3/t16-/m0/s1. The van der Waals surface area contributed by atoms with Gasteiger partial charge in [-0.3, -0.25) is 4.31 Å². The lowest BCUT2D eigenvalue weighted by molar-refractivity contribution is 0.346. The van der Waals surface area contributed by atoms with Crippen LogP contribution in [0, 0.1) is 0 Å². The van der Waals surface area contributed by atoms with Crippen molar-refractivity contribution >= 4 is 25.7 Å². The Kier molecular flexibility index (Phi) is 4.97. The van der Waals surface area contributed by atoms with Gasteiger partial charge >= 0.3 is 0 Å². The molecule has 2 aromatic carbocycles.